The van der Waals surface area contributed by atoms with E-state index in [1.807, 2.05) is 31.2 Å². The number of hydrogen-bond donors (Lipinski definition) is 2. The highest BCUT2D eigenvalue weighted by molar-refractivity contribution is 5.96. The zero-order valence-electron chi connectivity index (χ0n) is 16.7. The van der Waals surface area contributed by atoms with Crippen LogP contribution < -0.4 is 4.74 Å². The average molecular weight is 378 g/mol. The van der Waals surface area contributed by atoms with Crippen molar-refractivity contribution < 1.29 is 19.7 Å². The minimum atomic E-state index is -0.833. The highest BCUT2D eigenvalue weighted by Crippen LogP contribution is 2.48. The third-order valence-electron chi connectivity index (χ3n) is 5.18. The van der Waals surface area contributed by atoms with Crippen molar-refractivity contribution in [2.45, 2.75) is 39.5 Å². The Morgan fingerprint density at radius 2 is 1.64 bits per heavy atom. The topological polar surface area (TPSA) is 66.8 Å². The molecule has 1 aliphatic rings. The first kappa shape index (κ1) is 19.7. The van der Waals surface area contributed by atoms with Crippen molar-refractivity contribution in [3.63, 3.8) is 0 Å². The molecule has 0 amide bonds. The summed E-state index contributed by atoms with van der Waals surface area (Å²) in [7, 11) is 0. The van der Waals surface area contributed by atoms with Gasteiger partial charge in [-0.2, -0.15) is 0 Å². The fourth-order valence-corrected chi connectivity index (χ4v) is 3.73. The minimum Gasteiger partial charge on any atom is -0.507 e. The van der Waals surface area contributed by atoms with Gasteiger partial charge in [0, 0.05) is 29.2 Å². The molecule has 3 aromatic rings. The fraction of sp³-hybridized carbons (Fsp3) is 0.292. The molecular weight excluding hydrogens is 352 g/mol. The number of benzene rings is 3. The zero-order chi connectivity index (χ0) is 20.4. The van der Waals surface area contributed by atoms with Crippen LogP contribution in [0.15, 0.2) is 48.5 Å². The largest absolute Gasteiger partial charge is 0.507 e. The van der Waals surface area contributed by atoms with Crippen LogP contribution in [0.1, 0.15) is 54.9 Å². The lowest BCUT2D eigenvalue weighted by molar-refractivity contribution is -0.134. The second-order valence-corrected chi connectivity index (χ2v) is 7.47. The van der Waals surface area contributed by atoms with Gasteiger partial charge in [0.1, 0.15) is 11.5 Å². The van der Waals surface area contributed by atoms with Crippen LogP contribution in [0.4, 0.5) is 0 Å². The molecule has 0 saturated heterocycles. The van der Waals surface area contributed by atoms with Crippen molar-refractivity contribution in [1.29, 1.82) is 0 Å². The van der Waals surface area contributed by atoms with Gasteiger partial charge in [-0.3, -0.25) is 4.79 Å². The maximum absolute atomic E-state index is 10.6. The number of rotatable bonds is 2. The second-order valence-electron chi connectivity index (χ2n) is 7.47. The Hall–Kier alpha value is -3.01. The van der Waals surface area contributed by atoms with Crippen LogP contribution in [0.2, 0.25) is 0 Å². The minimum absolute atomic E-state index is 0.178. The summed E-state index contributed by atoms with van der Waals surface area (Å²) in [6.07, 6.45) is 0. The summed E-state index contributed by atoms with van der Waals surface area (Å²) in [6.45, 7) is 8.12. The number of fused-ring (bicyclic) bond motifs is 3. The van der Waals surface area contributed by atoms with E-state index < -0.39 is 5.97 Å². The van der Waals surface area contributed by atoms with Crippen LogP contribution in [-0.4, -0.2) is 22.8 Å². The van der Waals surface area contributed by atoms with Gasteiger partial charge in [-0.25, -0.2) is 0 Å². The average Bonchev–Trinajstić information content (AvgIpc) is 3.11. The van der Waals surface area contributed by atoms with E-state index in [0.29, 0.717) is 18.3 Å². The van der Waals surface area contributed by atoms with E-state index in [4.69, 9.17) is 14.6 Å². The molecule has 1 atom stereocenters. The van der Waals surface area contributed by atoms with Gasteiger partial charge < -0.3 is 14.9 Å². The van der Waals surface area contributed by atoms with Crippen LogP contribution in [0, 0.1) is 6.92 Å². The summed E-state index contributed by atoms with van der Waals surface area (Å²) in [5, 5.41) is 19.9. The summed E-state index contributed by atoms with van der Waals surface area (Å²) in [6, 6.07) is 16.7. The maximum Gasteiger partial charge on any atom is 0.300 e. The van der Waals surface area contributed by atoms with E-state index in [2.05, 4.69) is 38.1 Å². The number of carboxylic acids is 1. The van der Waals surface area contributed by atoms with Gasteiger partial charge in [0.15, 0.2) is 0 Å². The Morgan fingerprint density at radius 3 is 2.21 bits per heavy atom. The number of ether oxygens (including phenoxy) is 1. The molecule has 0 bridgehead atoms. The number of carbonyl (C=O) groups is 1. The lowest BCUT2D eigenvalue weighted by Gasteiger charge is -2.15. The van der Waals surface area contributed by atoms with E-state index >= 15 is 0 Å². The van der Waals surface area contributed by atoms with Crippen molar-refractivity contribution in [3.05, 3.63) is 70.8 Å². The predicted octanol–water partition coefficient (Wildman–Crippen LogP) is 5.59. The van der Waals surface area contributed by atoms with Crippen LogP contribution in [0.25, 0.3) is 10.8 Å². The molecule has 3 aromatic carbocycles. The molecular formula is C24H26O4. The maximum atomic E-state index is 10.6. The molecule has 0 aliphatic carbocycles. The van der Waals surface area contributed by atoms with Gasteiger partial charge in [-0.1, -0.05) is 62.4 Å². The number of aromatic hydroxyl groups is 1. The Bertz CT molecular complexity index is 999. The molecule has 0 aromatic heterocycles. The molecule has 4 nitrogen and oxygen atoms in total. The van der Waals surface area contributed by atoms with Gasteiger partial charge in [0.2, 0.25) is 0 Å². The van der Waals surface area contributed by atoms with Crippen LogP contribution in [0.3, 0.4) is 0 Å². The van der Waals surface area contributed by atoms with E-state index in [1.165, 1.54) is 11.1 Å². The van der Waals surface area contributed by atoms with Gasteiger partial charge in [0.05, 0.1) is 6.61 Å². The zero-order valence-corrected chi connectivity index (χ0v) is 16.7. The van der Waals surface area contributed by atoms with Crippen LogP contribution >= 0.6 is 0 Å². The molecule has 4 heteroatoms. The summed E-state index contributed by atoms with van der Waals surface area (Å²) in [5.74, 6) is 1.18. The highest BCUT2D eigenvalue weighted by Gasteiger charge is 2.31. The van der Waals surface area contributed by atoms with E-state index in [0.717, 1.165) is 34.6 Å². The Morgan fingerprint density at radius 1 is 1.07 bits per heavy atom. The molecule has 4 rings (SSSR count). The summed E-state index contributed by atoms with van der Waals surface area (Å²) >= 11 is 0. The van der Waals surface area contributed by atoms with Crippen LogP contribution in [0.5, 0.6) is 11.5 Å². The number of phenols is 1. The first-order valence-corrected chi connectivity index (χ1v) is 9.47. The smallest absolute Gasteiger partial charge is 0.300 e. The van der Waals surface area contributed by atoms with Gasteiger partial charge in [0.25, 0.3) is 5.97 Å². The Labute approximate surface area is 165 Å². The van der Waals surface area contributed by atoms with E-state index in [1.54, 1.807) is 0 Å². The standard InChI is InChI=1S/C22H22O2.C2H4O2/c1-13(2)15-8-10-16(11-9-15)19-12-24-22-18-7-5-4-6-17(18)21(23)14(3)20(19)22;1-2(3)4/h4-11,13,19,23H,12H2,1-3H3;1H3,(H,3,4). The molecule has 1 heterocycles. The van der Waals surface area contributed by atoms with E-state index in [9.17, 15) is 5.11 Å². The molecule has 28 heavy (non-hydrogen) atoms. The molecule has 0 radical (unpaired) electrons. The predicted molar refractivity (Wildman–Crippen MR) is 112 cm³/mol. The lowest BCUT2D eigenvalue weighted by atomic mass is 9.87. The molecule has 2 N–H and O–H groups in total. The highest BCUT2D eigenvalue weighted by atomic mass is 16.5. The normalized spacial score (nSPS) is 15.0. The number of phenolic OH excluding ortho intramolecular Hbond substituents is 1. The van der Waals surface area contributed by atoms with Crippen molar-refractivity contribution in [3.8, 4) is 11.5 Å². The molecule has 0 fully saturated rings. The van der Waals surface area contributed by atoms with Gasteiger partial charge in [-0.15, -0.1) is 0 Å². The lowest BCUT2D eigenvalue weighted by Crippen LogP contribution is -2.04. The number of carboxylic acid groups (broad SMARTS) is 1. The summed E-state index contributed by atoms with van der Waals surface area (Å²) in [4.78, 5) is 9.00. The third-order valence-corrected chi connectivity index (χ3v) is 5.18. The molecule has 0 spiro atoms. The number of hydrogen-bond acceptors (Lipinski definition) is 3. The summed E-state index contributed by atoms with van der Waals surface area (Å²) < 4.78 is 6.08. The third kappa shape index (κ3) is 3.68. The number of aliphatic carboxylic acids is 1. The molecule has 1 aliphatic heterocycles. The van der Waals surface area contributed by atoms with Crippen LogP contribution in [-0.2, 0) is 4.79 Å². The van der Waals surface area contributed by atoms with Gasteiger partial charge >= 0.3 is 0 Å². The summed E-state index contributed by atoms with van der Waals surface area (Å²) in [5.41, 5.74) is 4.65. The van der Waals surface area contributed by atoms with Crippen molar-refractivity contribution in [2.75, 3.05) is 6.61 Å². The first-order valence-electron chi connectivity index (χ1n) is 9.47. The van der Waals surface area contributed by atoms with Gasteiger partial charge in [-0.05, 0) is 29.5 Å². The Balaban J connectivity index is 0.000000516. The van der Waals surface area contributed by atoms with E-state index in [-0.39, 0.29) is 5.92 Å². The molecule has 1 unspecified atom stereocenters. The SMILES string of the molecule is CC(=O)O.Cc1c2c(c3ccccc3c1O)OCC2c1ccc(C(C)C)cc1. The Kier molecular flexibility index (Phi) is 5.59. The quantitative estimate of drug-likeness (QED) is 0.610. The van der Waals surface area contributed by atoms with Crippen molar-refractivity contribution in [1.82, 2.24) is 0 Å². The monoisotopic (exact) mass is 378 g/mol. The second kappa shape index (κ2) is 7.93. The van der Waals surface area contributed by atoms with Crippen molar-refractivity contribution >= 4 is 16.7 Å². The van der Waals surface area contributed by atoms with Crippen molar-refractivity contribution in [2.24, 2.45) is 0 Å². The molecule has 146 valence electrons. The fourth-order valence-electron chi connectivity index (χ4n) is 3.73. The molecule has 0 saturated carbocycles. The first-order chi connectivity index (χ1) is 13.3.